The lowest BCUT2D eigenvalue weighted by molar-refractivity contribution is -0.129. The molecule has 0 aromatic heterocycles. The van der Waals surface area contributed by atoms with E-state index >= 15 is 0 Å². The number of rotatable bonds is 7. The van der Waals surface area contributed by atoms with Gasteiger partial charge in [-0.1, -0.05) is 53.2 Å². The topological polar surface area (TPSA) is 71.0 Å². The summed E-state index contributed by atoms with van der Waals surface area (Å²) in [5, 5.41) is 3.83. The second-order valence-electron chi connectivity index (χ2n) is 7.82. The van der Waals surface area contributed by atoms with E-state index in [4.69, 9.17) is 27.9 Å². The third-order valence-electron chi connectivity index (χ3n) is 5.36. The Morgan fingerprint density at radius 2 is 1.83 bits per heavy atom. The molecule has 0 spiro atoms. The molecular formula is C26H23Cl2N3O3S. The molecule has 0 radical (unpaired) electrons. The molecule has 6 nitrogen and oxygen atoms in total. The lowest BCUT2D eigenvalue weighted by Gasteiger charge is -2.32. The van der Waals surface area contributed by atoms with E-state index in [1.807, 2.05) is 30.3 Å². The molecule has 9 heteroatoms. The fraction of sp³-hybridized carbons (Fsp3) is 0.192. The first-order chi connectivity index (χ1) is 16.9. The van der Waals surface area contributed by atoms with Gasteiger partial charge in [0.25, 0.3) is 0 Å². The molecule has 3 aromatic rings. The van der Waals surface area contributed by atoms with E-state index in [9.17, 15) is 9.59 Å². The summed E-state index contributed by atoms with van der Waals surface area (Å²) in [6.07, 6.45) is 0.702. The number of methoxy groups -OCH3 is 1. The zero-order valence-electron chi connectivity index (χ0n) is 18.9. The normalized spacial score (nSPS) is 16.9. The van der Waals surface area contributed by atoms with Crippen LogP contribution in [0.4, 0.5) is 11.4 Å². The molecule has 3 aromatic carbocycles. The Balaban J connectivity index is 1.54. The maximum absolute atomic E-state index is 13.2. The number of thioether (sulfide) groups is 1. The highest BCUT2D eigenvalue weighted by atomic mass is 35.5. The zero-order chi connectivity index (χ0) is 24.8. The molecule has 1 N–H and O–H groups in total. The van der Waals surface area contributed by atoms with E-state index < -0.39 is 5.25 Å². The van der Waals surface area contributed by atoms with Gasteiger partial charge in [0, 0.05) is 28.7 Å². The van der Waals surface area contributed by atoms with Crippen molar-refractivity contribution in [1.82, 2.24) is 4.90 Å². The molecule has 0 bridgehead atoms. The van der Waals surface area contributed by atoms with Crippen molar-refractivity contribution < 1.29 is 14.3 Å². The fourth-order valence-corrected chi connectivity index (χ4v) is 4.94. The zero-order valence-corrected chi connectivity index (χ0v) is 21.2. The molecule has 4 rings (SSSR count). The summed E-state index contributed by atoms with van der Waals surface area (Å²) in [5.74, 6) is 0.352. The number of nitrogens with one attached hydrogen (secondary N) is 1. The van der Waals surface area contributed by atoms with Crippen LogP contribution in [-0.2, 0) is 16.0 Å². The van der Waals surface area contributed by atoms with Crippen LogP contribution in [0.3, 0.4) is 0 Å². The Labute approximate surface area is 218 Å². The van der Waals surface area contributed by atoms with Crippen molar-refractivity contribution in [2.45, 2.75) is 18.1 Å². The molecule has 2 amide bonds. The predicted octanol–water partition coefficient (Wildman–Crippen LogP) is 6.21. The first-order valence-corrected chi connectivity index (χ1v) is 12.6. The molecule has 1 atom stereocenters. The van der Waals surface area contributed by atoms with Crippen LogP contribution in [0.1, 0.15) is 12.0 Å². The lowest BCUT2D eigenvalue weighted by Crippen LogP contribution is -2.46. The number of carbonyl (C=O) groups excluding carboxylic acids is 2. The van der Waals surface area contributed by atoms with Crippen LogP contribution in [0.25, 0.3) is 0 Å². The lowest BCUT2D eigenvalue weighted by atomic mass is 10.1. The van der Waals surface area contributed by atoms with Crippen molar-refractivity contribution in [3.05, 3.63) is 88.4 Å². The van der Waals surface area contributed by atoms with E-state index in [-0.39, 0.29) is 18.2 Å². The highest BCUT2D eigenvalue weighted by molar-refractivity contribution is 8.15. The van der Waals surface area contributed by atoms with Gasteiger partial charge in [0.15, 0.2) is 5.17 Å². The van der Waals surface area contributed by atoms with E-state index in [1.165, 1.54) is 11.8 Å². The molecular weight excluding hydrogens is 505 g/mol. The summed E-state index contributed by atoms with van der Waals surface area (Å²) in [6.45, 7) is 0.434. The quantitative estimate of drug-likeness (QED) is 0.396. The molecule has 180 valence electrons. The molecule has 35 heavy (non-hydrogen) atoms. The number of amides is 2. The average Bonchev–Trinajstić information content (AvgIpc) is 2.85. The monoisotopic (exact) mass is 527 g/mol. The third kappa shape index (κ3) is 6.78. The molecule has 0 saturated carbocycles. The second kappa shape index (κ2) is 11.6. The van der Waals surface area contributed by atoms with E-state index in [0.717, 1.165) is 11.3 Å². The van der Waals surface area contributed by atoms with Gasteiger partial charge in [-0.2, -0.15) is 0 Å². The SMILES string of the molecule is COc1ccc(CCN2C(=O)CC(C(=O)Nc3ccc(Cl)cc3)SC2=Nc2cccc(Cl)c2)cc1. The molecule has 1 aliphatic rings. The number of amidine groups is 1. The Morgan fingerprint density at radius 1 is 1.09 bits per heavy atom. The van der Waals surface area contributed by atoms with Crippen LogP contribution in [0.15, 0.2) is 77.8 Å². The van der Waals surface area contributed by atoms with Crippen molar-refractivity contribution in [2.24, 2.45) is 4.99 Å². The Bertz CT molecular complexity index is 1230. The van der Waals surface area contributed by atoms with Crippen molar-refractivity contribution >= 4 is 63.3 Å². The van der Waals surface area contributed by atoms with E-state index in [1.54, 1.807) is 54.5 Å². The van der Waals surface area contributed by atoms with Crippen LogP contribution in [0, 0.1) is 0 Å². The van der Waals surface area contributed by atoms with E-state index in [0.29, 0.717) is 39.6 Å². The largest absolute Gasteiger partial charge is 0.497 e. The average molecular weight is 528 g/mol. The van der Waals surface area contributed by atoms with Gasteiger partial charge in [-0.3, -0.25) is 14.5 Å². The van der Waals surface area contributed by atoms with Crippen LogP contribution >= 0.6 is 35.0 Å². The van der Waals surface area contributed by atoms with Crippen molar-refractivity contribution in [3.8, 4) is 5.75 Å². The summed E-state index contributed by atoms with van der Waals surface area (Å²) in [7, 11) is 1.62. The summed E-state index contributed by atoms with van der Waals surface area (Å²) in [4.78, 5) is 32.5. The summed E-state index contributed by atoms with van der Waals surface area (Å²) < 4.78 is 5.21. The van der Waals surface area contributed by atoms with Gasteiger partial charge in [-0.05, 0) is 66.6 Å². The minimum Gasteiger partial charge on any atom is -0.497 e. The molecule has 1 aliphatic heterocycles. The molecule has 1 saturated heterocycles. The number of benzene rings is 3. The van der Waals surface area contributed by atoms with Crippen LogP contribution in [0.5, 0.6) is 5.75 Å². The fourth-order valence-electron chi connectivity index (χ4n) is 3.51. The van der Waals surface area contributed by atoms with Gasteiger partial charge in [0.2, 0.25) is 11.8 Å². The van der Waals surface area contributed by atoms with Crippen molar-refractivity contribution in [1.29, 1.82) is 0 Å². The first-order valence-electron chi connectivity index (χ1n) is 10.9. The van der Waals surface area contributed by atoms with Gasteiger partial charge in [-0.25, -0.2) is 4.99 Å². The predicted molar refractivity (Wildman–Crippen MR) is 143 cm³/mol. The number of hydrogen-bond donors (Lipinski definition) is 1. The van der Waals surface area contributed by atoms with Gasteiger partial charge in [0.05, 0.1) is 12.8 Å². The highest BCUT2D eigenvalue weighted by Crippen LogP contribution is 2.31. The second-order valence-corrected chi connectivity index (χ2v) is 9.87. The number of nitrogens with zero attached hydrogens (tertiary/aromatic N) is 2. The summed E-state index contributed by atoms with van der Waals surface area (Å²) in [6, 6.07) is 21.6. The van der Waals surface area contributed by atoms with Gasteiger partial charge in [-0.15, -0.1) is 0 Å². The number of carbonyl (C=O) groups is 2. The number of halogens is 2. The number of ether oxygens (including phenoxy) is 1. The number of hydrogen-bond acceptors (Lipinski definition) is 5. The van der Waals surface area contributed by atoms with Crippen molar-refractivity contribution in [3.63, 3.8) is 0 Å². The van der Waals surface area contributed by atoms with Crippen LogP contribution in [-0.4, -0.2) is 40.8 Å². The standard InChI is InChI=1S/C26H23Cl2N3O3S/c1-34-22-11-5-17(6-12-22)13-14-31-24(32)16-23(25(33)29-20-9-7-18(27)8-10-20)35-26(31)30-21-4-2-3-19(28)15-21/h2-12,15,23H,13-14,16H2,1H3,(H,29,33). The smallest absolute Gasteiger partial charge is 0.238 e. The van der Waals surface area contributed by atoms with Gasteiger partial charge >= 0.3 is 0 Å². The van der Waals surface area contributed by atoms with Crippen LogP contribution in [0.2, 0.25) is 10.0 Å². The highest BCUT2D eigenvalue weighted by Gasteiger charge is 2.35. The minimum absolute atomic E-state index is 0.0707. The van der Waals surface area contributed by atoms with Gasteiger partial charge < -0.3 is 10.1 Å². The summed E-state index contributed by atoms with van der Waals surface area (Å²) >= 11 is 13.3. The Kier molecular flexibility index (Phi) is 8.33. The Hall–Kier alpha value is -3.00. The molecule has 1 heterocycles. The Morgan fingerprint density at radius 3 is 2.51 bits per heavy atom. The maximum atomic E-state index is 13.2. The molecule has 1 fully saturated rings. The minimum atomic E-state index is -0.617. The first kappa shape index (κ1) is 25.1. The third-order valence-corrected chi connectivity index (χ3v) is 7.03. The number of aliphatic imine (C=N–C) groups is 1. The van der Waals surface area contributed by atoms with Gasteiger partial charge in [0.1, 0.15) is 11.0 Å². The van der Waals surface area contributed by atoms with Crippen LogP contribution < -0.4 is 10.1 Å². The molecule has 1 unspecified atom stereocenters. The number of anilines is 1. The maximum Gasteiger partial charge on any atom is 0.238 e. The molecule has 0 aliphatic carbocycles. The summed E-state index contributed by atoms with van der Waals surface area (Å²) in [5.41, 5.74) is 2.29. The van der Waals surface area contributed by atoms with Crippen molar-refractivity contribution in [2.75, 3.05) is 19.0 Å². The van der Waals surface area contributed by atoms with E-state index in [2.05, 4.69) is 10.3 Å².